The van der Waals surface area contributed by atoms with Gasteiger partial charge < -0.3 is 10.0 Å². The third-order valence-corrected chi connectivity index (χ3v) is 4.04. The van der Waals surface area contributed by atoms with Crippen LogP contribution in [0.15, 0.2) is 70.3 Å². The van der Waals surface area contributed by atoms with Crippen LogP contribution in [0.1, 0.15) is 0 Å². The molecule has 0 heterocycles. The first-order chi connectivity index (χ1) is 11.5. The number of benzene rings is 2. The number of hydrogen-bond donors (Lipinski definition) is 1. The number of rotatable bonds is 3. The van der Waals surface area contributed by atoms with Crippen LogP contribution in [0.25, 0.3) is 0 Å². The minimum Gasteiger partial charge on any atom is -0.501 e. The summed E-state index contributed by atoms with van der Waals surface area (Å²) in [6.07, 6.45) is 0. The monoisotopic (exact) mass is 321 g/mol. The second kappa shape index (κ2) is 6.12. The van der Waals surface area contributed by atoms with Crippen LogP contribution in [0, 0.1) is 0 Å². The topological polar surface area (TPSA) is 60.6 Å². The van der Waals surface area contributed by atoms with Crippen LogP contribution in [0.3, 0.4) is 0 Å². The summed E-state index contributed by atoms with van der Waals surface area (Å²) in [6, 6.07) is 18.2. The van der Waals surface area contributed by atoms with Crippen molar-refractivity contribution in [1.82, 2.24) is 4.58 Å². The molecule has 0 aliphatic carbocycles. The maximum absolute atomic E-state index is 12.4. The summed E-state index contributed by atoms with van der Waals surface area (Å²) < 4.78 is 1.53. The van der Waals surface area contributed by atoms with Crippen molar-refractivity contribution in [3.63, 3.8) is 0 Å². The van der Waals surface area contributed by atoms with E-state index in [-0.39, 0.29) is 16.8 Å². The molecule has 0 aliphatic heterocycles. The summed E-state index contributed by atoms with van der Waals surface area (Å²) in [7, 11) is 3.30. The summed E-state index contributed by atoms with van der Waals surface area (Å²) >= 11 is 0. The van der Waals surface area contributed by atoms with Crippen LogP contribution in [0.5, 0.6) is 5.75 Å². The summed E-state index contributed by atoms with van der Waals surface area (Å²) in [5.41, 5.74) is -0.00937. The van der Waals surface area contributed by atoms with Crippen LogP contribution in [-0.4, -0.2) is 19.2 Å². The smallest absolute Gasteiger partial charge is 0.302 e. The van der Waals surface area contributed by atoms with Gasteiger partial charge in [0.1, 0.15) is 12.7 Å². The van der Waals surface area contributed by atoms with Gasteiger partial charge >= 0.3 is 10.8 Å². The van der Waals surface area contributed by atoms with E-state index in [1.54, 1.807) is 38.4 Å². The van der Waals surface area contributed by atoms with E-state index in [2.05, 4.69) is 0 Å². The van der Waals surface area contributed by atoms with E-state index >= 15 is 0 Å². The van der Waals surface area contributed by atoms with Crippen LogP contribution >= 0.6 is 0 Å². The fourth-order valence-electron chi connectivity index (χ4n) is 2.73. The average Bonchev–Trinajstić information content (AvgIpc) is 2.84. The highest BCUT2D eigenvalue weighted by Gasteiger charge is 2.27. The Morgan fingerprint density at radius 1 is 0.875 bits per heavy atom. The summed E-state index contributed by atoms with van der Waals surface area (Å²) in [5, 5.41) is 10.6. The van der Waals surface area contributed by atoms with E-state index in [4.69, 9.17) is 0 Å². The summed E-state index contributed by atoms with van der Waals surface area (Å²) in [5.74, 6) is -0.303. The van der Waals surface area contributed by atoms with Crippen molar-refractivity contribution in [2.24, 2.45) is 0 Å². The lowest BCUT2D eigenvalue weighted by Gasteiger charge is -2.16. The molecule has 120 valence electrons. The van der Waals surface area contributed by atoms with Gasteiger partial charge in [0.05, 0.1) is 0 Å². The second-order valence-electron chi connectivity index (χ2n) is 5.49. The van der Waals surface area contributed by atoms with Gasteiger partial charge in [0, 0.05) is 24.9 Å². The predicted octanol–water partition coefficient (Wildman–Crippen LogP) is 1.49. The van der Waals surface area contributed by atoms with Gasteiger partial charge in [0.25, 0.3) is 5.43 Å². The molecule has 0 atom stereocenters. The molecular formula is C19H17N2O3+. The zero-order valence-corrected chi connectivity index (χ0v) is 13.4. The fraction of sp³-hybridized carbons (Fsp3) is 0.105. The lowest BCUT2D eigenvalue weighted by atomic mass is 10.3. The Hall–Kier alpha value is -3.21. The van der Waals surface area contributed by atoms with Crippen LogP contribution in [-0.2, 0) is 0 Å². The van der Waals surface area contributed by atoms with Gasteiger partial charge in [-0.05, 0) is 12.1 Å². The Kier molecular flexibility index (Phi) is 4.00. The molecular weight excluding hydrogens is 304 g/mol. The normalized spacial score (nSPS) is 12.1. The van der Waals surface area contributed by atoms with Gasteiger partial charge in [-0.1, -0.05) is 36.4 Å². The van der Waals surface area contributed by atoms with Gasteiger partial charge in [-0.25, -0.2) is 0 Å². The molecule has 3 rings (SSSR count). The molecule has 0 spiro atoms. The average molecular weight is 321 g/mol. The number of anilines is 2. The zero-order chi connectivity index (χ0) is 17.3. The maximum Gasteiger partial charge on any atom is 0.302 e. The number of para-hydroxylation sites is 2. The first-order valence-corrected chi connectivity index (χ1v) is 7.49. The fourth-order valence-corrected chi connectivity index (χ4v) is 2.73. The molecule has 0 saturated carbocycles. The molecule has 0 aromatic heterocycles. The Bertz CT molecular complexity index is 1020. The van der Waals surface area contributed by atoms with E-state index in [0.717, 1.165) is 0 Å². The Labute approximate surface area is 138 Å². The molecule has 0 bridgehead atoms. The first kappa shape index (κ1) is 15.7. The Morgan fingerprint density at radius 2 is 1.42 bits per heavy atom. The number of hydrogen-bond acceptors (Lipinski definition) is 4. The van der Waals surface area contributed by atoms with Crippen molar-refractivity contribution < 1.29 is 5.11 Å². The van der Waals surface area contributed by atoms with E-state index in [0.29, 0.717) is 11.4 Å². The highest BCUT2D eigenvalue weighted by Crippen LogP contribution is 2.25. The van der Waals surface area contributed by atoms with Crippen molar-refractivity contribution in [1.29, 1.82) is 0 Å². The molecule has 3 aromatic rings. The van der Waals surface area contributed by atoms with Crippen molar-refractivity contribution >= 4 is 17.1 Å². The van der Waals surface area contributed by atoms with Crippen molar-refractivity contribution in [3.8, 4) is 5.75 Å². The molecule has 0 fully saturated rings. The largest absolute Gasteiger partial charge is 0.501 e. The number of aromatic hydroxyl groups is 1. The third kappa shape index (κ3) is 2.50. The van der Waals surface area contributed by atoms with E-state index in [9.17, 15) is 14.7 Å². The van der Waals surface area contributed by atoms with E-state index in [1.807, 2.05) is 36.4 Å². The van der Waals surface area contributed by atoms with Gasteiger partial charge in [0.2, 0.25) is 11.4 Å². The van der Waals surface area contributed by atoms with Gasteiger partial charge in [-0.15, -0.1) is 0 Å². The SMILES string of the molecule is CN(c1ccccc1)c1c(O)c(=[N+](C)c2ccccc2)c(=O)c1=O. The molecule has 5 heteroatoms. The van der Waals surface area contributed by atoms with Gasteiger partial charge in [-0.2, -0.15) is 4.58 Å². The Morgan fingerprint density at radius 3 is 2.00 bits per heavy atom. The first-order valence-electron chi connectivity index (χ1n) is 7.49. The minimum atomic E-state index is -0.711. The van der Waals surface area contributed by atoms with Crippen LogP contribution < -0.4 is 25.7 Å². The minimum absolute atomic E-state index is 0.0102. The molecule has 1 N–H and O–H groups in total. The summed E-state index contributed by atoms with van der Waals surface area (Å²) in [6.45, 7) is 0. The lowest BCUT2D eigenvalue weighted by Crippen LogP contribution is -2.38. The van der Waals surface area contributed by atoms with E-state index < -0.39 is 10.9 Å². The maximum atomic E-state index is 12.4. The van der Waals surface area contributed by atoms with Crippen molar-refractivity contribution in [2.45, 2.75) is 0 Å². The molecule has 3 aromatic carbocycles. The zero-order valence-electron chi connectivity index (χ0n) is 13.4. The van der Waals surface area contributed by atoms with E-state index in [1.165, 1.54) is 9.48 Å². The molecule has 24 heavy (non-hydrogen) atoms. The van der Waals surface area contributed by atoms with Crippen LogP contribution in [0.2, 0.25) is 0 Å². The summed E-state index contributed by atoms with van der Waals surface area (Å²) in [4.78, 5) is 26.4. The molecule has 0 radical (unpaired) electrons. The molecule has 0 amide bonds. The predicted molar refractivity (Wildman–Crippen MR) is 94.8 cm³/mol. The lowest BCUT2D eigenvalue weighted by molar-refractivity contribution is 0.467. The third-order valence-electron chi connectivity index (χ3n) is 4.04. The van der Waals surface area contributed by atoms with Crippen molar-refractivity contribution in [3.05, 3.63) is 86.5 Å². The van der Waals surface area contributed by atoms with Gasteiger partial charge in [-0.3, -0.25) is 9.59 Å². The molecule has 0 aliphatic rings. The molecule has 0 unspecified atom stereocenters. The second-order valence-corrected chi connectivity index (χ2v) is 5.49. The van der Waals surface area contributed by atoms with Gasteiger partial charge in [0.15, 0.2) is 0 Å². The number of nitrogens with zero attached hydrogens (tertiary/aromatic N) is 2. The standard InChI is InChI=1S/C19H16N2O3/c1-20(13-9-5-3-6-10-13)15-17(22)16(19(24)18(15)23)21(2)14-11-7-4-8-12-14/h3-12H,1-2H3/p+1. The Balaban J connectivity index is 2.27. The molecule has 5 nitrogen and oxygen atoms in total. The highest BCUT2D eigenvalue weighted by atomic mass is 16.3. The van der Waals surface area contributed by atoms with Crippen LogP contribution in [0.4, 0.5) is 17.1 Å². The highest BCUT2D eigenvalue weighted by molar-refractivity contribution is 5.68. The molecule has 0 saturated heterocycles. The quantitative estimate of drug-likeness (QED) is 0.586. The van der Waals surface area contributed by atoms with Crippen molar-refractivity contribution in [2.75, 3.05) is 19.0 Å².